The fourth-order valence-corrected chi connectivity index (χ4v) is 13.6. The van der Waals surface area contributed by atoms with Crippen LogP contribution in [0.25, 0.3) is 0 Å². The number of aliphatic hydroxyl groups excluding tert-OH is 2. The van der Waals surface area contributed by atoms with Crippen LogP contribution in [0.3, 0.4) is 0 Å². The molecule has 91 heavy (non-hydrogen) atoms. The predicted molar refractivity (Wildman–Crippen MR) is 403 cm³/mol. The lowest BCUT2D eigenvalue weighted by Gasteiger charge is -2.22. The summed E-state index contributed by atoms with van der Waals surface area (Å²) in [5.41, 5.74) is 0. The van der Waals surface area contributed by atoms with Gasteiger partial charge >= 0.3 is 5.97 Å². The van der Waals surface area contributed by atoms with Crippen molar-refractivity contribution in [2.75, 3.05) is 13.2 Å². The maximum absolute atomic E-state index is 12.6. The molecule has 0 spiro atoms. The molecule has 0 aliphatic rings. The van der Waals surface area contributed by atoms with Gasteiger partial charge in [-0.2, -0.15) is 0 Å². The Balaban J connectivity index is 3.34. The first kappa shape index (κ1) is 89.3. The van der Waals surface area contributed by atoms with E-state index in [1.165, 1.54) is 405 Å². The van der Waals surface area contributed by atoms with E-state index in [1.807, 2.05) is 0 Å². The molecule has 1 amide bonds. The van der Waals surface area contributed by atoms with Gasteiger partial charge in [0.25, 0.3) is 0 Å². The molecular formula is C85H165NO5. The van der Waals surface area contributed by atoms with Gasteiger partial charge in [-0.25, -0.2) is 0 Å². The first-order valence-corrected chi connectivity index (χ1v) is 42.1. The Morgan fingerprint density at radius 2 is 0.549 bits per heavy atom. The zero-order valence-electron chi connectivity index (χ0n) is 62.1. The molecule has 2 atom stereocenters. The predicted octanol–water partition coefficient (Wildman–Crippen LogP) is 28.0. The van der Waals surface area contributed by atoms with E-state index in [2.05, 4.69) is 43.5 Å². The van der Waals surface area contributed by atoms with Crippen LogP contribution in [-0.4, -0.2) is 47.4 Å². The summed E-state index contributed by atoms with van der Waals surface area (Å²) < 4.78 is 5.52. The molecule has 3 N–H and O–H groups in total. The number of esters is 1. The highest BCUT2D eigenvalue weighted by Crippen LogP contribution is 2.21. The van der Waals surface area contributed by atoms with E-state index >= 15 is 0 Å². The summed E-state index contributed by atoms with van der Waals surface area (Å²) >= 11 is 0. The third kappa shape index (κ3) is 77.2. The Hall–Kier alpha value is -1.66. The van der Waals surface area contributed by atoms with Crippen molar-refractivity contribution in [1.29, 1.82) is 0 Å². The molecule has 0 aromatic rings. The molecule has 0 bridgehead atoms. The molecule has 0 aromatic carbocycles. The fraction of sp³-hybridized carbons (Fsp3) is 0.929. The van der Waals surface area contributed by atoms with Gasteiger partial charge in [-0.3, -0.25) is 9.59 Å². The third-order valence-corrected chi connectivity index (χ3v) is 20.0. The number of allylic oxidation sites excluding steroid dienone is 4. The number of ether oxygens (including phenoxy) is 1. The van der Waals surface area contributed by atoms with Gasteiger partial charge in [-0.1, -0.05) is 436 Å². The van der Waals surface area contributed by atoms with Crippen LogP contribution in [0, 0.1) is 0 Å². The van der Waals surface area contributed by atoms with E-state index in [0.29, 0.717) is 25.9 Å². The fourth-order valence-electron chi connectivity index (χ4n) is 13.6. The van der Waals surface area contributed by atoms with E-state index in [9.17, 15) is 19.8 Å². The van der Waals surface area contributed by atoms with Crippen molar-refractivity contribution in [1.82, 2.24) is 5.32 Å². The lowest BCUT2D eigenvalue weighted by molar-refractivity contribution is -0.143. The largest absolute Gasteiger partial charge is 0.466 e. The van der Waals surface area contributed by atoms with Gasteiger partial charge in [-0.15, -0.1) is 0 Å². The standard InChI is InChI=1S/C85H165NO5/c1-3-5-7-9-11-13-15-17-19-21-46-49-53-57-61-65-69-73-77-83(88)82(81-87)86-84(89)78-74-70-66-62-58-54-50-47-43-41-39-37-35-33-31-29-27-25-23-22-24-26-28-30-32-34-36-38-40-42-44-48-52-56-60-64-68-72-76-80-91-85(90)79-75-71-67-63-59-55-51-45-20-18-16-14-12-10-8-6-4-2/h22-23,26,28,82-83,87-88H,3-21,24-25,27,29-81H2,1-2H3,(H,86,89)/b23-22-,28-26-. The van der Waals surface area contributed by atoms with E-state index in [1.54, 1.807) is 0 Å². The number of aliphatic hydroxyl groups is 2. The van der Waals surface area contributed by atoms with Gasteiger partial charge in [0.15, 0.2) is 0 Å². The SMILES string of the molecule is CCCCCCCCCCCCCCCCCCCCC(O)C(CO)NC(=O)CCCCCCCCCCCCCCCCCCC/C=C\C/C=C\CCCCCCCCCCCCCCCCCOC(=O)CCCCCCCCCCCCCCCCCCC. The van der Waals surface area contributed by atoms with Crippen molar-refractivity contribution in [3.05, 3.63) is 24.3 Å². The van der Waals surface area contributed by atoms with E-state index < -0.39 is 12.1 Å². The Labute approximate surface area is 571 Å². The highest BCUT2D eigenvalue weighted by Gasteiger charge is 2.20. The molecule has 0 fully saturated rings. The molecule has 0 rings (SSSR count). The van der Waals surface area contributed by atoms with Crippen LogP contribution in [0.2, 0.25) is 0 Å². The van der Waals surface area contributed by atoms with E-state index in [-0.39, 0.29) is 18.5 Å². The van der Waals surface area contributed by atoms with Gasteiger partial charge in [-0.05, 0) is 57.8 Å². The number of unbranched alkanes of at least 4 members (excludes halogenated alkanes) is 65. The average Bonchev–Trinajstić information content (AvgIpc) is 3.73. The normalized spacial score (nSPS) is 12.5. The number of carbonyl (C=O) groups excluding carboxylic acids is 2. The summed E-state index contributed by atoms with van der Waals surface area (Å²) in [6, 6.07) is -0.539. The van der Waals surface area contributed by atoms with Crippen molar-refractivity contribution in [2.24, 2.45) is 0 Å². The van der Waals surface area contributed by atoms with Crippen molar-refractivity contribution in [3.8, 4) is 0 Å². The van der Waals surface area contributed by atoms with Crippen LogP contribution in [0.5, 0.6) is 0 Å². The summed E-state index contributed by atoms with van der Waals surface area (Å²) in [6.45, 7) is 5.02. The van der Waals surface area contributed by atoms with E-state index in [0.717, 1.165) is 44.9 Å². The maximum atomic E-state index is 12.6. The van der Waals surface area contributed by atoms with Gasteiger partial charge in [0.1, 0.15) is 0 Å². The molecule has 0 saturated heterocycles. The molecule has 0 aromatic heterocycles. The first-order valence-electron chi connectivity index (χ1n) is 42.1. The maximum Gasteiger partial charge on any atom is 0.305 e. The van der Waals surface area contributed by atoms with Crippen LogP contribution >= 0.6 is 0 Å². The second kappa shape index (κ2) is 80.8. The molecule has 540 valence electrons. The Kier molecular flexibility index (Phi) is 79.3. The van der Waals surface area contributed by atoms with Gasteiger partial charge in [0.05, 0.1) is 25.4 Å². The third-order valence-electron chi connectivity index (χ3n) is 20.0. The molecule has 0 saturated carbocycles. The molecule has 0 radical (unpaired) electrons. The van der Waals surface area contributed by atoms with Gasteiger partial charge in [0, 0.05) is 12.8 Å². The lowest BCUT2D eigenvalue weighted by atomic mass is 10.0. The van der Waals surface area contributed by atoms with Crippen LogP contribution in [-0.2, 0) is 14.3 Å². The van der Waals surface area contributed by atoms with E-state index in [4.69, 9.17) is 4.74 Å². The molecule has 6 nitrogen and oxygen atoms in total. The molecule has 6 heteroatoms. The lowest BCUT2D eigenvalue weighted by Crippen LogP contribution is -2.45. The quantitative estimate of drug-likeness (QED) is 0.0320. The van der Waals surface area contributed by atoms with Crippen LogP contribution in [0.15, 0.2) is 24.3 Å². The van der Waals surface area contributed by atoms with Gasteiger partial charge in [0.2, 0.25) is 5.91 Å². The second-order valence-electron chi connectivity index (χ2n) is 29.2. The average molecular weight is 1280 g/mol. The summed E-state index contributed by atoms with van der Waals surface area (Å²) in [7, 11) is 0. The number of amides is 1. The topological polar surface area (TPSA) is 95.9 Å². The highest BCUT2D eigenvalue weighted by molar-refractivity contribution is 5.76. The van der Waals surface area contributed by atoms with Crippen molar-refractivity contribution in [2.45, 2.75) is 495 Å². The van der Waals surface area contributed by atoms with Crippen LogP contribution in [0.1, 0.15) is 483 Å². The van der Waals surface area contributed by atoms with Crippen LogP contribution < -0.4 is 5.32 Å². The Morgan fingerprint density at radius 3 is 0.835 bits per heavy atom. The Morgan fingerprint density at radius 1 is 0.308 bits per heavy atom. The number of nitrogens with one attached hydrogen (secondary N) is 1. The Bertz CT molecular complexity index is 1430. The van der Waals surface area contributed by atoms with Crippen molar-refractivity contribution >= 4 is 11.9 Å². The summed E-state index contributed by atoms with van der Waals surface area (Å²) in [4.78, 5) is 24.7. The first-order chi connectivity index (χ1) is 45.0. The minimum atomic E-state index is -0.662. The zero-order valence-corrected chi connectivity index (χ0v) is 62.1. The molecule has 0 heterocycles. The summed E-state index contributed by atoms with van der Waals surface area (Å²) in [5.74, 6) is -0.00165. The number of rotatable bonds is 80. The number of carbonyl (C=O) groups is 2. The molecule has 2 unspecified atom stereocenters. The monoisotopic (exact) mass is 1280 g/mol. The molecule has 0 aliphatic heterocycles. The minimum Gasteiger partial charge on any atom is -0.466 e. The zero-order chi connectivity index (χ0) is 65.6. The molecular weight excluding hydrogens is 1110 g/mol. The van der Waals surface area contributed by atoms with Crippen molar-refractivity contribution < 1.29 is 24.5 Å². The second-order valence-corrected chi connectivity index (χ2v) is 29.2. The number of hydrogen-bond acceptors (Lipinski definition) is 5. The number of hydrogen-bond donors (Lipinski definition) is 3. The van der Waals surface area contributed by atoms with Crippen molar-refractivity contribution in [3.63, 3.8) is 0 Å². The minimum absolute atomic E-state index is 0.0254. The molecule has 0 aliphatic carbocycles. The summed E-state index contributed by atoms with van der Waals surface area (Å²) in [6.07, 6.45) is 104. The summed E-state index contributed by atoms with van der Waals surface area (Å²) in [5, 5.41) is 23.4. The van der Waals surface area contributed by atoms with Crippen LogP contribution in [0.4, 0.5) is 0 Å². The highest BCUT2D eigenvalue weighted by atomic mass is 16.5. The smallest absolute Gasteiger partial charge is 0.305 e. The van der Waals surface area contributed by atoms with Gasteiger partial charge < -0.3 is 20.3 Å².